The third kappa shape index (κ3) is 2.94. The largest absolute Gasteiger partial charge is 0.496 e. The number of aliphatic hydroxyl groups is 1. The molecule has 0 saturated heterocycles. The quantitative estimate of drug-likeness (QED) is 0.882. The highest BCUT2D eigenvalue weighted by atomic mass is 16.5. The maximum atomic E-state index is 10.7. The predicted molar refractivity (Wildman–Crippen MR) is 78.4 cm³/mol. The van der Waals surface area contributed by atoms with Crippen molar-refractivity contribution in [2.45, 2.75) is 52.6 Å². The molecule has 1 aliphatic rings. The molecule has 0 amide bonds. The second-order valence-corrected chi connectivity index (χ2v) is 6.51. The van der Waals surface area contributed by atoms with E-state index in [1.54, 1.807) is 7.11 Å². The Kier molecular flexibility index (Phi) is 4.19. The molecule has 19 heavy (non-hydrogen) atoms. The summed E-state index contributed by atoms with van der Waals surface area (Å²) >= 11 is 0. The summed E-state index contributed by atoms with van der Waals surface area (Å²) in [6.07, 6.45) is 4.50. The lowest BCUT2D eigenvalue weighted by atomic mass is 9.65. The van der Waals surface area contributed by atoms with Gasteiger partial charge in [-0.3, -0.25) is 0 Å². The van der Waals surface area contributed by atoms with E-state index >= 15 is 0 Å². The third-order valence-electron chi connectivity index (χ3n) is 4.73. The van der Waals surface area contributed by atoms with Gasteiger partial charge in [-0.15, -0.1) is 0 Å². The summed E-state index contributed by atoms with van der Waals surface area (Å²) in [6, 6.07) is 6.03. The lowest BCUT2D eigenvalue weighted by molar-refractivity contribution is 0.00381. The van der Waals surface area contributed by atoms with Gasteiger partial charge in [0.1, 0.15) is 5.75 Å². The van der Waals surface area contributed by atoms with Crippen LogP contribution in [0.3, 0.4) is 0 Å². The highest BCUT2D eigenvalue weighted by Gasteiger charge is 2.37. The van der Waals surface area contributed by atoms with Crippen molar-refractivity contribution in [3.05, 3.63) is 29.3 Å². The highest BCUT2D eigenvalue weighted by Crippen LogP contribution is 2.47. The fourth-order valence-corrected chi connectivity index (χ4v) is 3.42. The van der Waals surface area contributed by atoms with Crippen LogP contribution in [0.5, 0.6) is 5.75 Å². The number of hydrogen-bond acceptors (Lipinski definition) is 2. The molecule has 2 rings (SSSR count). The second-order valence-electron chi connectivity index (χ2n) is 6.51. The molecule has 106 valence electrons. The summed E-state index contributed by atoms with van der Waals surface area (Å²) < 4.78 is 5.28. The molecule has 0 aliphatic heterocycles. The first-order valence-electron chi connectivity index (χ1n) is 7.28. The maximum Gasteiger partial charge on any atom is 0.121 e. The molecule has 2 unspecified atom stereocenters. The van der Waals surface area contributed by atoms with Crippen LogP contribution >= 0.6 is 0 Å². The first-order valence-corrected chi connectivity index (χ1v) is 7.28. The van der Waals surface area contributed by atoms with Gasteiger partial charge in [-0.05, 0) is 54.4 Å². The lowest BCUT2D eigenvalue weighted by Gasteiger charge is -2.41. The number of rotatable bonds is 3. The van der Waals surface area contributed by atoms with E-state index in [9.17, 15) is 5.11 Å². The Balaban J connectivity index is 2.23. The highest BCUT2D eigenvalue weighted by molar-refractivity contribution is 5.37. The number of hydrogen-bond donors (Lipinski definition) is 1. The topological polar surface area (TPSA) is 29.5 Å². The number of aliphatic hydroxyl groups excluding tert-OH is 1. The Hall–Kier alpha value is -1.02. The van der Waals surface area contributed by atoms with Crippen LogP contribution in [0.15, 0.2) is 18.2 Å². The first kappa shape index (κ1) is 14.4. The second kappa shape index (κ2) is 5.54. The zero-order valence-electron chi connectivity index (χ0n) is 12.6. The number of methoxy groups -OCH3 is 1. The Morgan fingerprint density at radius 3 is 2.63 bits per heavy atom. The van der Waals surface area contributed by atoms with Crippen molar-refractivity contribution in [3.63, 3.8) is 0 Å². The van der Waals surface area contributed by atoms with Crippen molar-refractivity contribution in [2.24, 2.45) is 11.3 Å². The van der Waals surface area contributed by atoms with Gasteiger partial charge >= 0.3 is 0 Å². The number of benzene rings is 1. The van der Waals surface area contributed by atoms with E-state index in [-0.39, 0.29) is 11.5 Å². The Bertz CT molecular complexity index is 437. The molecule has 2 heteroatoms. The maximum absolute atomic E-state index is 10.7. The van der Waals surface area contributed by atoms with Crippen LogP contribution in [-0.4, -0.2) is 12.2 Å². The summed E-state index contributed by atoms with van der Waals surface area (Å²) in [6.45, 7) is 6.61. The summed E-state index contributed by atoms with van der Waals surface area (Å²) in [5.41, 5.74) is 2.34. The van der Waals surface area contributed by atoms with E-state index < -0.39 is 0 Å². The Morgan fingerprint density at radius 2 is 2.05 bits per heavy atom. The average Bonchev–Trinajstić information content (AvgIpc) is 2.37. The molecular formula is C17H26O2. The normalized spacial score (nSPS) is 23.9. The molecule has 1 aromatic rings. The fourth-order valence-electron chi connectivity index (χ4n) is 3.42. The Labute approximate surface area is 116 Å². The number of aryl methyl sites for hydroxylation is 1. The molecule has 0 bridgehead atoms. The molecule has 1 fully saturated rings. The lowest BCUT2D eigenvalue weighted by Crippen LogP contribution is -2.32. The molecule has 0 radical (unpaired) electrons. The smallest absolute Gasteiger partial charge is 0.121 e. The molecule has 0 aromatic heterocycles. The van der Waals surface area contributed by atoms with Gasteiger partial charge < -0.3 is 9.84 Å². The van der Waals surface area contributed by atoms with Crippen LogP contribution in [0.4, 0.5) is 0 Å². The monoisotopic (exact) mass is 262 g/mol. The minimum atomic E-state index is -0.361. The van der Waals surface area contributed by atoms with E-state index in [4.69, 9.17) is 4.74 Å². The van der Waals surface area contributed by atoms with Crippen LogP contribution in [0.1, 0.15) is 56.8 Å². The molecule has 0 heterocycles. The van der Waals surface area contributed by atoms with Gasteiger partial charge in [0.25, 0.3) is 0 Å². The van der Waals surface area contributed by atoms with Gasteiger partial charge in [0.2, 0.25) is 0 Å². The summed E-state index contributed by atoms with van der Waals surface area (Å²) in [7, 11) is 1.68. The molecule has 0 spiro atoms. The van der Waals surface area contributed by atoms with Crippen LogP contribution < -0.4 is 4.74 Å². The van der Waals surface area contributed by atoms with Crippen molar-refractivity contribution in [2.75, 3.05) is 7.11 Å². The molecule has 1 saturated carbocycles. The Morgan fingerprint density at radius 1 is 1.32 bits per heavy atom. The molecular weight excluding hydrogens is 236 g/mol. The minimum Gasteiger partial charge on any atom is -0.496 e. The van der Waals surface area contributed by atoms with E-state index in [0.29, 0.717) is 5.92 Å². The van der Waals surface area contributed by atoms with Crippen molar-refractivity contribution >= 4 is 0 Å². The van der Waals surface area contributed by atoms with Crippen LogP contribution in [0.2, 0.25) is 0 Å². The molecule has 1 aromatic carbocycles. The van der Waals surface area contributed by atoms with E-state index in [0.717, 1.165) is 23.3 Å². The molecule has 1 N–H and O–H groups in total. The van der Waals surface area contributed by atoms with E-state index in [2.05, 4.69) is 19.9 Å². The van der Waals surface area contributed by atoms with Gasteiger partial charge in [-0.2, -0.15) is 0 Å². The zero-order chi connectivity index (χ0) is 14.0. The third-order valence-corrected chi connectivity index (χ3v) is 4.73. The SMILES string of the molecule is COc1ccc(C(O)C2CCCCC2(C)C)cc1C. The summed E-state index contributed by atoms with van der Waals surface area (Å²) in [4.78, 5) is 0. The van der Waals surface area contributed by atoms with Gasteiger partial charge in [-0.1, -0.05) is 32.8 Å². The van der Waals surface area contributed by atoms with Crippen molar-refractivity contribution in [1.29, 1.82) is 0 Å². The summed E-state index contributed by atoms with van der Waals surface area (Å²) in [5, 5.41) is 10.7. The summed E-state index contributed by atoms with van der Waals surface area (Å²) in [5.74, 6) is 1.24. The average molecular weight is 262 g/mol. The standard InChI is InChI=1S/C17H26O2/c1-12-11-13(8-9-15(12)19-4)16(18)14-7-5-6-10-17(14,2)3/h8-9,11,14,16,18H,5-7,10H2,1-4H3. The van der Waals surface area contributed by atoms with Gasteiger partial charge in [0.05, 0.1) is 13.2 Å². The van der Waals surface area contributed by atoms with Gasteiger partial charge in [0, 0.05) is 0 Å². The van der Waals surface area contributed by atoms with Crippen molar-refractivity contribution < 1.29 is 9.84 Å². The van der Waals surface area contributed by atoms with Crippen molar-refractivity contribution in [3.8, 4) is 5.75 Å². The number of ether oxygens (including phenoxy) is 1. The van der Waals surface area contributed by atoms with Gasteiger partial charge in [0.15, 0.2) is 0 Å². The van der Waals surface area contributed by atoms with Crippen LogP contribution in [0.25, 0.3) is 0 Å². The zero-order valence-corrected chi connectivity index (χ0v) is 12.6. The first-order chi connectivity index (χ1) is 8.95. The minimum absolute atomic E-state index is 0.228. The van der Waals surface area contributed by atoms with E-state index in [1.807, 2.05) is 19.1 Å². The molecule has 2 nitrogen and oxygen atoms in total. The van der Waals surface area contributed by atoms with Gasteiger partial charge in [-0.25, -0.2) is 0 Å². The molecule has 1 aliphatic carbocycles. The van der Waals surface area contributed by atoms with Crippen LogP contribution in [-0.2, 0) is 0 Å². The van der Waals surface area contributed by atoms with Crippen LogP contribution in [0, 0.1) is 18.3 Å². The van der Waals surface area contributed by atoms with E-state index in [1.165, 1.54) is 19.3 Å². The molecule has 2 atom stereocenters. The van der Waals surface area contributed by atoms with Crippen molar-refractivity contribution in [1.82, 2.24) is 0 Å². The fraction of sp³-hybridized carbons (Fsp3) is 0.647. The predicted octanol–water partition coefficient (Wildman–Crippen LogP) is 4.25.